The number of fused-ring (bicyclic) bond motifs is 1. The minimum atomic E-state index is -0.894. The molecule has 1 N–H and O–H groups in total. The molecule has 0 atom stereocenters. The minimum absolute atomic E-state index is 0.102. The molecule has 0 radical (unpaired) electrons. The molecule has 0 saturated heterocycles. The van der Waals surface area contributed by atoms with Crippen LogP contribution in [0.5, 0.6) is 5.75 Å². The first-order chi connectivity index (χ1) is 11.6. The highest BCUT2D eigenvalue weighted by molar-refractivity contribution is 9.10. The zero-order valence-corrected chi connectivity index (χ0v) is 15.2. The molecule has 0 spiro atoms. The Morgan fingerprint density at radius 1 is 1.33 bits per heavy atom. The number of thiazole rings is 1. The lowest BCUT2D eigenvalue weighted by Gasteiger charge is -2.07. The second-order valence-electron chi connectivity index (χ2n) is 5.11. The summed E-state index contributed by atoms with van der Waals surface area (Å²) in [4.78, 5) is 15.9. The fraction of sp³-hybridized carbons (Fsp3) is 0.111. The Labute approximate surface area is 151 Å². The molecule has 24 heavy (non-hydrogen) atoms. The Morgan fingerprint density at radius 3 is 2.83 bits per heavy atom. The average molecular weight is 404 g/mol. The number of ether oxygens (including phenoxy) is 1. The fourth-order valence-electron chi connectivity index (χ4n) is 2.37. The highest BCUT2D eigenvalue weighted by atomic mass is 79.9. The van der Waals surface area contributed by atoms with Crippen LogP contribution in [-0.2, 0) is 4.79 Å². The molecular formula is C18H14BrNO3S. The zero-order chi connectivity index (χ0) is 17.1. The van der Waals surface area contributed by atoms with Gasteiger partial charge in [0.15, 0.2) is 0 Å². The molecule has 1 aromatic heterocycles. The molecule has 3 rings (SSSR count). The molecular weight excluding hydrogens is 390 g/mol. The van der Waals surface area contributed by atoms with Gasteiger partial charge in [0.1, 0.15) is 10.8 Å². The Kier molecular flexibility index (Phi) is 4.97. The first-order valence-corrected chi connectivity index (χ1v) is 8.79. The summed E-state index contributed by atoms with van der Waals surface area (Å²) in [7, 11) is 1.59. The summed E-state index contributed by atoms with van der Waals surface area (Å²) in [6.07, 6.45) is 1.73. The third-order valence-corrected chi connectivity index (χ3v) is 5.04. The van der Waals surface area contributed by atoms with Crippen LogP contribution in [0.25, 0.3) is 21.9 Å². The Bertz CT molecular complexity index is 900. The van der Waals surface area contributed by atoms with Gasteiger partial charge in [-0.15, -0.1) is 11.3 Å². The van der Waals surface area contributed by atoms with Crippen molar-refractivity contribution in [1.29, 1.82) is 0 Å². The predicted molar refractivity (Wildman–Crippen MR) is 100 cm³/mol. The largest absolute Gasteiger partial charge is 0.496 e. The second kappa shape index (κ2) is 7.15. The van der Waals surface area contributed by atoms with E-state index in [1.54, 1.807) is 7.11 Å². The lowest BCUT2D eigenvalue weighted by Crippen LogP contribution is -1.97. The van der Waals surface area contributed by atoms with E-state index in [2.05, 4.69) is 20.9 Å². The van der Waals surface area contributed by atoms with Gasteiger partial charge in [-0.1, -0.05) is 28.1 Å². The molecule has 2 aromatic carbocycles. The predicted octanol–water partition coefficient (Wildman–Crippen LogP) is 5.08. The van der Waals surface area contributed by atoms with Crippen LogP contribution in [0, 0.1) is 0 Å². The third kappa shape index (κ3) is 3.66. The fourth-order valence-corrected chi connectivity index (χ4v) is 3.72. The zero-order valence-electron chi connectivity index (χ0n) is 12.8. The maximum Gasteiger partial charge on any atom is 0.307 e. The monoisotopic (exact) mass is 403 g/mol. The molecule has 0 saturated carbocycles. The molecule has 1 heterocycles. The summed E-state index contributed by atoms with van der Waals surface area (Å²) in [6, 6.07) is 13.4. The van der Waals surface area contributed by atoms with Crippen molar-refractivity contribution in [3.63, 3.8) is 0 Å². The summed E-state index contributed by atoms with van der Waals surface area (Å²) >= 11 is 4.93. The quantitative estimate of drug-likeness (QED) is 0.644. The van der Waals surface area contributed by atoms with Gasteiger partial charge in [0.2, 0.25) is 0 Å². The summed E-state index contributed by atoms with van der Waals surface area (Å²) in [5.74, 6) is -0.211. The number of hydrogen-bond donors (Lipinski definition) is 1. The van der Waals surface area contributed by atoms with Crippen LogP contribution in [0.3, 0.4) is 0 Å². The van der Waals surface area contributed by atoms with Crippen LogP contribution in [0.1, 0.15) is 17.0 Å². The number of methoxy groups -OCH3 is 1. The van der Waals surface area contributed by atoms with Crippen LogP contribution in [0.4, 0.5) is 0 Å². The van der Waals surface area contributed by atoms with Gasteiger partial charge in [0, 0.05) is 10.0 Å². The van der Waals surface area contributed by atoms with E-state index in [1.807, 2.05) is 48.5 Å². The molecule has 4 nitrogen and oxygen atoms in total. The molecule has 0 fully saturated rings. The van der Waals surface area contributed by atoms with Crippen molar-refractivity contribution >= 4 is 55.1 Å². The van der Waals surface area contributed by atoms with E-state index in [1.165, 1.54) is 11.3 Å². The van der Waals surface area contributed by atoms with Crippen molar-refractivity contribution in [2.75, 3.05) is 7.11 Å². The molecule has 0 unspecified atom stereocenters. The number of carboxylic acid groups (broad SMARTS) is 1. The smallest absolute Gasteiger partial charge is 0.307 e. The number of rotatable bonds is 5. The van der Waals surface area contributed by atoms with Crippen molar-refractivity contribution in [3.8, 4) is 5.75 Å². The van der Waals surface area contributed by atoms with Gasteiger partial charge in [0.05, 0.1) is 23.7 Å². The van der Waals surface area contributed by atoms with Gasteiger partial charge in [-0.05, 0) is 42.0 Å². The standard InChI is InChI=1S/C18H14BrNO3S/c1-23-15-7-6-13(19)9-11(15)8-12(10-17(21)22)18-20-14-4-2-3-5-16(14)24-18/h2-9H,10H2,1H3,(H,21,22)/b12-8+. The molecule has 0 aliphatic heterocycles. The van der Waals surface area contributed by atoms with E-state index < -0.39 is 5.97 Å². The molecule has 3 aromatic rings. The van der Waals surface area contributed by atoms with Crippen LogP contribution < -0.4 is 4.74 Å². The summed E-state index contributed by atoms with van der Waals surface area (Å²) < 4.78 is 7.30. The number of hydrogen-bond acceptors (Lipinski definition) is 4. The van der Waals surface area contributed by atoms with E-state index in [-0.39, 0.29) is 6.42 Å². The molecule has 0 aliphatic carbocycles. The van der Waals surface area contributed by atoms with Crippen molar-refractivity contribution in [3.05, 3.63) is 57.5 Å². The molecule has 0 amide bonds. The van der Waals surface area contributed by atoms with Gasteiger partial charge >= 0.3 is 5.97 Å². The first kappa shape index (κ1) is 16.7. The van der Waals surface area contributed by atoms with Gasteiger partial charge in [-0.3, -0.25) is 4.79 Å². The number of aliphatic carboxylic acids is 1. The Hall–Kier alpha value is -2.18. The number of aromatic nitrogens is 1. The first-order valence-electron chi connectivity index (χ1n) is 7.18. The van der Waals surface area contributed by atoms with Gasteiger partial charge in [0.25, 0.3) is 0 Å². The topological polar surface area (TPSA) is 59.4 Å². The molecule has 0 bridgehead atoms. The highest BCUT2D eigenvalue weighted by Gasteiger charge is 2.14. The maximum atomic E-state index is 11.3. The highest BCUT2D eigenvalue weighted by Crippen LogP contribution is 2.33. The van der Waals surface area contributed by atoms with Crippen LogP contribution in [0.15, 0.2) is 46.9 Å². The number of carbonyl (C=O) groups is 1. The van der Waals surface area contributed by atoms with Crippen molar-refractivity contribution in [1.82, 2.24) is 4.98 Å². The lowest BCUT2D eigenvalue weighted by atomic mass is 10.1. The van der Waals surface area contributed by atoms with Crippen LogP contribution >= 0.6 is 27.3 Å². The number of carboxylic acids is 1. The Balaban J connectivity index is 2.12. The number of halogens is 1. The van der Waals surface area contributed by atoms with E-state index >= 15 is 0 Å². The molecule has 122 valence electrons. The van der Waals surface area contributed by atoms with E-state index in [0.717, 1.165) is 20.3 Å². The normalized spacial score (nSPS) is 11.7. The summed E-state index contributed by atoms with van der Waals surface area (Å²) in [6.45, 7) is 0. The van der Waals surface area contributed by atoms with Crippen molar-refractivity contribution in [2.24, 2.45) is 0 Å². The van der Waals surface area contributed by atoms with Crippen LogP contribution in [0.2, 0.25) is 0 Å². The lowest BCUT2D eigenvalue weighted by molar-refractivity contribution is -0.135. The second-order valence-corrected chi connectivity index (χ2v) is 7.06. The van der Waals surface area contributed by atoms with E-state index in [4.69, 9.17) is 4.74 Å². The van der Waals surface area contributed by atoms with Crippen LogP contribution in [-0.4, -0.2) is 23.2 Å². The van der Waals surface area contributed by atoms with Crippen molar-refractivity contribution < 1.29 is 14.6 Å². The third-order valence-electron chi connectivity index (χ3n) is 3.43. The summed E-state index contributed by atoms with van der Waals surface area (Å²) in [5.41, 5.74) is 2.33. The Morgan fingerprint density at radius 2 is 2.12 bits per heavy atom. The molecule has 0 aliphatic rings. The average Bonchev–Trinajstić information content (AvgIpc) is 2.98. The summed E-state index contributed by atoms with van der Waals surface area (Å²) in [5, 5.41) is 9.98. The van der Waals surface area contributed by atoms with E-state index in [0.29, 0.717) is 16.3 Å². The number of benzene rings is 2. The molecule has 6 heteroatoms. The maximum absolute atomic E-state index is 11.3. The van der Waals surface area contributed by atoms with Gasteiger partial charge < -0.3 is 9.84 Å². The number of para-hydroxylation sites is 1. The van der Waals surface area contributed by atoms with Crippen molar-refractivity contribution in [2.45, 2.75) is 6.42 Å². The van der Waals surface area contributed by atoms with Gasteiger partial charge in [-0.25, -0.2) is 4.98 Å². The van der Waals surface area contributed by atoms with Gasteiger partial charge in [-0.2, -0.15) is 0 Å². The SMILES string of the molecule is COc1ccc(Br)cc1/C=C(\CC(=O)O)c1nc2ccccc2s1. The van der Waals surface area contributed by atoms with E-state index in [9.17, 15) is 9.90 Å². The number of nitrogens with zero attached hydrogens (tertiary/aromatic N) is 1. The minimum Gasteiger partial charge on any atom is -0.496 e.